The van der Waals surface area contributed by atoms with Gasteiger partial charge in [0.05, 0.1) is 11.2 Å². The summed E-state index contributed by atoms with van der Waals surface area (Å²) >= 11 is 0. The van der Waals surface area contributed by atoms with Crippen LogP contribution in [-0.2, 0) is 10.8 Å². The molecule has 296 valence electrons. The van der Waals surface area contributed by atoms with Crippen LogP contribution in [0.25, 0.3) is 60.5 Å². The summed E-state index contributed by atoms with van der Waals surface area (Å²) in [7, 11) is 0.794. The van der Waals surface area contributed by atoms with Crippen LogP contribution in [0.4, 0.5) is 11.4 Å². The molecule has 0 fully saturated rings. The summed E-state index contributed by atoms with van der Waals surface area (Å²) < 4.78 is 15.9. The van der Waals surface area contributed by atoms with Gasteiger partial charge < -0.3 is 19.4 Å². The fourth-order valence-electron chi connectivity index (χ4n) is 10.7. The minimum atomic E-state index is 0.0672. The lowest BCUT2D eigenvalue weighted by atomic mass is 9.58. The highest BCUT2D eigenvalue weighted by atomic mass is 16.6. The second-order valence-corrected chi connectivity index (χ2v) is 18.9. The molecule has 5 heteroatoms. The van der Waals surface area contributed by atoms with Gasteiger partial charge in [0.2, 0.25) is 0 Å². The summed E-state index contributed by atoms with van der Waals surface area (Å²) in [6, 6.07) is 51.1. The van der Waals surface area contributed by atoms with Crippen LogP contribution in [0.3, 0.4) is 0 Å². The van der Waals surface area contributed by atoms with Gasteiger partial charge in [0.1, 0.15) is 0 Å². The third-order valence-electron chi connectivity index (χ3n) is 14.2. The zero-order valence-electron chi connectivity index (χ0n) is 35.7. The SMILES string of the molecule is Cc1cc2c(cc1Nc1cc3c(cc1-c1cc(-c4ccccc4C)cc4c1Bc1cccc5c6ccc7ccccc7c6n-4c15)Oc1ccccc1O3)C(C)(C)CCC2(C)C. The van der Waals surface area contributed by atoms with Crippen LogP contribution in [0.5, 0.6) is 23.0 Å². The van der Waals surface area contributed by atoms with E-state index in [0.29, 0.717) is 17.2 Å². The largest absolute Gasteiger partial charge is 0.449 e. The Hall–Kier alpha value is -6.72. The molecule has 3 heterocycles. The number of hydrogen-bond acceptors (Lipinski definition) is 3. The Labute approximate surface area is 358 Å². The first-order valence-electron chi connectivity index (χ1n) is 21.8. The average molecular weight is 791 g/mol. The fraction of sp³-hybridized carbons (Fsp3) is 0.179. The summed E-state index contributed by atoms with van der Waals surface area (Å²) in [6.07, 6.45) is 2.33. The third kappa shape index (κ3) is 5.46. The number of ether oxygens (including phenoxy) is 2. The Bertz CT molecular complexity index is 3350. The molecule has 8 aromatic carbocycles. The zero-order valence-corrected chi connectivity index (χ0v) is 35.7. The molecule has 61 heavy (non-hydrogen) atoms. The molecule has 12 rings (SSSR count). The van der Waals surface area contributed by atoms with Crippen molar-refractivity contribution in [2.45, 2.75) is 65.2 Å². The molecule has 0 atom stereocenters. The monoisotopic (exact) mass is 790 g/mol. The zero-order chi connectivity index (χ0) is 41.4. The molecule has 9 aromatic rings. The van der Waals surface area contributed by atoms with E-state index in [0.717, 1.165) is 36.4 Å². The number of nitrogens with one attached hydrogen (secondary N) is 1. The van der Waals surface area contributed by atoms with Crippen LogP contribution >= 0.6 is 0 Å². The average Bonchev–Trinajstić information content (AvgIpc) is 3.61. The summed E-state index contributed by atoms with van der Waals surface area (Å²) in [4.78, 5) is 0. The maximum Gasteiger partial charge on any atom is 0.198 e. The minimum absolute atomic E-state index is 0.0672. The number of nitrogens with zero attached hydrogens (tertiary/aromatic N) is 1. The van der Waals surface area contributed by atoms with Crippen molar-refractivity contribution in [1.82, 2.24) is 4.57 Å². The molecule has 0 saturated carbocycles. The van der Waals surface area contributed by atoms with Crippen molar-refractivity contribution in [2.24, 2.45) is 0 Å². The normalized spacial score (nSPS) is 15.2. The van der Waals surface area contributed by atoms with Gasteiger partial charge in [0.15, 0.2) is 30.3 Å². The molecule has 3 aliphatic rings. The van der Waals surface area contributed by atoms with E-state index < -0.39 is 0 Å². The minimum Gasteiger partial charge on any atom is -0.449 e. The summed E-state index contributed by atoms with van der Waals surface area (Å²) in [5.41, 5.74) is 18.7. The maximum atomic E-state index is 6.71. The highest BCUT2D eigenvalue weighted by Gasteiger charge is 2.38. The Morgan fingerprint density at radius 3 is 1.98 bits per heavy atom. The van der Waals surface area contributed by atoms with E-state index in [9.17, 15) is 0 Å². The van der Waals surface area contributed by atoms with Gasteiger partial charge in [-0.25, -0.2) is 0 Å². The number of para-hydroxylation sites is 3. The lowest BCUT2D eigenvalue weighted by molar-refractivity contribution is 0.332. The van der Waals surface area contributed by atoms with Crippen molar-refractivity contribution in [3.05, 3.63) is 162 Å². The fourth-order valence-corrected chi connectivity index (χ4v) is 10.7. The standard InChI is InChI=1S/C56H47BN2O2/c1-32-14-7-9-16-36(32)35-27-41(52-47(28-35)59-53-37-17-10-8-15-34(37)22-23-39(53)38-18-13-19-44(57-52)54(38)59)40-29-50-51(61-49-21-12-11-20-48(49)60-50)31-46(40)58-45-30-43-42(26-33(45)2)55(3,4)24-25-56(43,5)6/h7-23,26-31,57-58H,24-25H2,1-6H3. The molecular weight excluding hydrogens is 743 g/mol. The Kier molecular flexibility index (Phi) is 7.64. The van der Waals surface area contributed by atoms with Crippen LogP contribution in [0.15, 0.2) is 140 Å². The molecule has 2 aliphatic heterocycles. The van der Waals surface area contributed by atoms with Gasteiger partial charge in [-0.1, -0.05) is 130 Å². The Morgan fingerprint density at radius 1 is 0.525 bits per heavy atom. The van der Waals surface area contributed by atoms with E-state index in [-0.39, 0.29) is 10.8 Å². The number of rotatable bonds is 4. The molecule has 0 unspecified atom stereocenters. The molecule has 0 spiro atoms. The van der Waals surface area contributed by atoms with Gasteiger partial charge in [0.25, 0.3) is 0 Å². The van der Waals surface area contributed by atoms with Crippen molar-refractivity contribution < 1.29 is 9.47 Å². The maximum absolute atomic E-state index is 6.71. The molecule has 1 N–H and O–H groups in total. The lowest BCUT2D eigenvalue weighted by Crippen LogP contribution is -2.37. The van der Waals surface area contributed by atoms with Gasteiger partial charge in [-0.15, -0.1) is 0 Å². The smallest absolute Gasteiger partial charge is 0.198 e. The number of aromatic nitrogens is 1. The Balaban J connectivity index is 1.16. The van der Waals surface area contributed by atoms with Crippen molar-refractivity contribution >= 4 is 62.2 Å². The van der Waals surface area contributed by atoms with Crippen LogP contribution in [0.1, 0.15) is 62.8 Å². The van der Waals surface area contributed by atoms with Crippen molar-refractivity contribution in [2.75, 3.05) is 5.32 Å². The third-order valence-corrected chi connectivity index (χ3v) is 14.2. The summed E-state index contributed by atoms with van der Waals surface area (Å²) in [5.74, 6) is 2.83. The predicted molar refractivity (Wildman–Crippen MR) is 257 cm³/mol. The van der Waals surface area contributed by atoms with Gasteiger partial charge in [0, 0.05) is 44.7 Å². The van der Waals surface area contributed by atoms with Crippen molar-refractivity contribution in [1.29, 1.82) is 0 Å². The van der Waals surface area contributed by atoms with Crippen LogP contribution in [-0.4, -0.2) is 11.8 Å². The summed E-state index contributed by atoms with van der Waals surface area (Å²) in [6.45, 7) is 14.1. The molecule has 0 radical (unpaired) electrons. The molecule has 0 amide bonds. The summed E-state index contributed by atoms with van der Waals surface area (Å²) in [5, 5.41) is 9.12. The highest BCUT2D eigenvalue weighted by molar-refractivity contribution is 6.73. The first-order chi connectivity index (χ1) is 29.5. The molecule has 0 saturated heterocycles. The van der Waals surface area contributed by atoms with Gasteiger partial charge in [-0.2, -0.15) is 0 Å². The molecular formula is C56H47BN2O2. The second kappa shape index (κ2) is 12.9. The van der Waals surface area contributed by atoms with Crippen molar-refractivity contribution in [3.8, 4) is 50.9 Å². The first-order valence-corrected chi connectivity index (χ1v) is 21.8. The Morgan fingerprint density at radius 2 is 1.20 bits per heavy atom. The number of fused-ring (bicyclic) bond motifs is 10. The van der Waals surface area contributed by atoms with E-state index in [4.69, 9.17) is 9.47 Å². The lowest BCUT2D eigenvalue weighted by Gasteiger charge is -2.42. The number of anilines is 2. The van der Waals surface area contributed by atoms with Gasteiger partial charge >= 0.3 is 0 Å². The number of benzene rings is 8. The van der Waals surface area contributed by atoms with E-state index in [1.165, 1.54) is 94.6 Å². The van der Waals surface area contributed by atoms with Crippen LogP contribution in [0, 0.1) is 13.8 Å². The van der Waals surface area contributed by atoms with Crippen molar-refractivity contribution in [3.63, 3.8) is 0 Å². The van der Waals surface area contributed by atoms with Crippen LogP contribution < -0.4 is 25.7 Å². The second-order valence-electron chi connectivity index (χ2n) is 18.9. The quantitative estimate of drug-likeness (QED) is 0.180. The number of aryl methyl sites for hydroxylation is 2. The molecule has 1 aliphatic carbocycles. The van der Waals surface area contributed by atoms with E-state index in [2.05, 4.69) is 167 Å². The highest BCUT2D eigenvalue weighted by Crippen LogP contribution is 2.52. The molecule has 0 bridgehead atoms. The first kappa shape index (κ1) is 36.2. The topological polar surface area (TPSA) is 35.4 Å². The van der Waals surface area contributed by atoms with Gasteiger partial charge in [-0.05, 0) is 124 Å². The molecule has 4 nitrogen and oxygen atoms in total. The van der Waals surface area contributed by atoms with E-state index >= 15 is 0 Å². The molecule has 1 aromatic heterocycles. The van der Waals surface area contributed by atoms with E-state index in [1.807, 2.05) is 24.3 Å². The number of hydrogen-bond donors (Lipinski definition) is 1. The predicted octanol–water partition coefficient (Wildman–Crippen LogP) is 13.6. The van der Waals surface area contributed by atoms with Crippen LogP contribution in [0.2, 0.25) is 0 Å². The van der Waals surface area contributed by atoms with E-state index in [1.54, 1.807) is 0 Å². The van der Waals surface area contributed by atoms with Gasteiger partial charge in [-0.3, -0.25) is 0 Å².